The summed E-state index contributed by atoms with van der Waals surface area (Å²) in [6, 6.07) is 2.85. The maximum atomic E-state index is 13.3. The van der Waals surface area contributed by atoms with Crippen molar-refractivity contribution < 1.29 is 9.50 Å². The minimum absolute atomic E-state index is 0.204. The van der Waals surface area contributed by atoms with Crippen molar-refractivity contribution in [3.8, 4) is 5.75 Å². The van der Waals surface area contributed by atoms with E-state index < -0.39 is 5.82 Å². The van der Waals surface area contributed by atoms with Crippen LogP contribution in [0.3, 0.4) is 0 Å². The van der Waals surface area contributed by atoms with E-state index in [0.29, 0.717) is 5.69 Å². The number of aromatic hydroxyl groups is 1. The van der Waals surface area contributed by atoms with Gasteiger partial charge >= 0.3 is 0 Å². The Bertz CT molecular complexity index is 343. The van der Waals surface area contributed by atoms with Crippen LogP contribution in [0.15, 0.2) is 12.1 Å². The molecule has 15 heavy (non-hydrogen) atoms. The molecule has 2 rings (SSSR count). The molecule has 0 spiro atoms. The van der Waals surface area contributed by atoms with Crippen molar-refractivity contribution in [2.75, 3.05) is 31.1 Å². The predicted octanol–water partition coefficient (Wildman–Crippen LogP) is 1.59. The van der Waals surface area contributed by atoms with E-state index in [1.54, 1.807) is 0 Å². The van der Waals surface area contributed by atoms with Gasteiger partial charge in [-0.25, -0.2) is 4.39 Å². The van der Waals surface area contributed by atoms with Crippen LogP contribution in [-0.4, -0.2) is 31.3 Å². The molecule has 1 heterocycles. The number of halogens is 2. The number of phenolic OH excluding ortho intramolecular Hbond substituents is 1. The Hall–Kier alpha value is -1.00. The number of phenols is 1. The highest BCUT2D eigenvalue weighted by atomic mass is 35.5. The summed E-state index contributed by atoms with van der Waals surface area (Å²) in [5.41, 5.74) is 0.677. The molecule has 0 radical (unpaired) electrons. The molecule has 0 aliphatic carbocycles. The number of nitrogens with one attached hydrogen (secondary N) is 1. The van der Waals surface area contributed by atoms with Crippen LogP contribution >= 0.6 is 11.6 Å². The number of nitrogens with zero attached hydrogens (tertiary/aromatic N) is 1. The summed E-state index contributed by atoms with van der Waals surface area (Å²) in [7, 11) is 0. The van der Waals surface area contributed by atoms with Crippen LogP contribution in [0.5, 0.6) is 5.75 Å². The van der Waals surface area contributed by atoms with Crippen molar-refractivity contribution in [1.29, 1.82) is 0 Å². The molecule has 82 valence electrons. The summed E-state index contributed by atoms with van der Waals surface area (Å²) in [5.74, 6) is -0.782. The van der Waals surface area contributed by atoms with Crippen LogP contribution in [0.2, 0.25) is 5.02 Å². The first-order valence-corrected chi connectivity index (χ1v) is 5.20. The van der Waals surface area contributed by atoms with Crippen molar-refractivity contribution >= 4 is 17.3 Å². The number of rotatable bonds is 1. The summed E-state index contributed by atoms with van der Waals surface area (Å²) in [6.07, 6.45) is 0. The van der Waals surface area contributed by atoms with Crippen molar-refractivity contribution in [3.63, 3.8) is 0 Å². The zero-order valence-corrected chi connectivity index (χ0v) is 8.89. The maximum Gasteiger partial charge on any atom is 0.147 e. The van der Waals surface area contributed by atoms with E-state index in [9.17, 15) is 9.50 Å². The van der Waals surface area contributed by atoms with Gasteiger partial charge in [-0.1, -0.05) is 11.6 Å². The molecule has 1 aromatic rings. The van der Waals surface area contributed by atoms with Crippen molar-refractivity contribution in [2.45, 2.75) is 0 Å². The first-order chi connectivity index (χ1) is 7.18. The van der Waals surface area contributed by atoms with Crippen LogP contribution in [-0.2, 0) is 0 Å². The summed E-state index contributed by atoms with van der Waals surface area (Å²) >= 11 is 5.53. The number of anilines is 1. The topological polar surface area (TPSA) is 35.5 Å². The van der Waals surface area contributed by atoms with Gasteiger partial charge in [0, 0.05) is 37.9 Å². The van der Waals surface area contributed by atoms with Gasteiger partial charge in [0.25, 0.3) is 0 Å². The number of hydrogen-bond acceptors (Lipinski definition) is 3. The van der Waals surface area contributed by atoms with Gasteiger partial charge in [-0.15, -0.1) is 0 Å². The first-order valence-electron chi connectivity index (χ1n) is 4.82. The fourth-order valence-electron chi connectivity index (χ4n) is 1.67. The van der Waals surface area contributed by atoms with Gasteiger partial charge in [-0.3, -0.25) is 0 Å². The Balaban J connectivity index is 2.27. The number of hydrogen-bond donors (Lipinski definition) is 2. The average molecular weight is 231 g/mol. The quantitative estimate of drug-likeness (QED) is 0.769. The third kappa shape index (κ3) is 2.16. The van der Waals surface area contributed by atoms with Gasteiger partial charge in [0.05, 0.1) is 0 Å². The van der Waals surface area contributed by atoms with Crippen LogP contribution < -0.4 is 10.2 Å². The molecule has 1 saturated heterocycles. The van der Waals surface area contributed by atoms with E-state index >= 15 is 0 Å². The SMILES string of the molecule is Oc1cc(N2CCNCC2)cc(F)c1Cl. The standard InChI is InChI=1S/C10H12ClFN2O/c11-10-8(12)5-7(6-9(10)15)14-3-1-13-2-4-14/h5-6,13,15H,1-4H2. The fourth-order valence-corrected chi connectivity index (χ4v) is 1.78. The Morgan fingerprint density at radius 1 is 1.33 bits per heavy atom. The molecule has 0 saturated carbocycles. The van der Waals surface area contributed by atoms with Crippen molar-refractivity contribution in [1.82, 2.24) is 5.32 Å². The van der Waals surface area contributed by atoms with Gasteiger partial charge in [0.1, 0.15) is 16.6 Å². The van der Waals surface area contributed by atoms with Gasteiger partial charge in [0.2, 0.25) is 0 Å². The minimum Gasteiger partial charge on any atom is -0.506 e. The second-order valence-corrected chi connectivity index (χ2v) is 3.88. The summed E-state index contributed by atoms with van der Waals surface area (Å²) in [4.78, 5) is 2.01. The van der Waals surface area contributed by atoms with E-state index in [1.165, 1.54) is 12.1 Å². The molecule has 0 amide bonds. The van der Waals surface area contributed by atoms with Crippen molar-refractivity contribution in [2.24, 2.45) is 0 Å². The smallest absolute Gasteiger partial charge is 0.147 e. The Labute approximate surface area is 92.5 Å². The Kier molecular flexibility index (Phi) is 2.98. The van der Waals surface area contributed by atoms with E-state index in [-0.39, 0.29) is 10.8 Å². The lowest BCUT2D eigenvalue weighted by Gasteiger charge is -2.29. The average Bonchev–Trinajstić information content (AvgIpc) is 2.26. The van der Waals surface area contributed by atoms with E-state index in [1.807, 2.05) is 4.90 Å². The monoisotopic (exact) mass is 230 g/mol. The summed E-state index contributed by atoms with van der Waals surface area (Å²) in [5, 5.41) is 12.4. The fraction of sp³-hybridized carbons (Fsp3) is 0.400. The third-order valence-electron chi connectivity index (χ3n) is 2.48. The van der Waals surface area contributed by atoms with Crippen LogP contribution in [0, 0.1) is 5.82 Å². The molecule has 1 aliphatic heterocycles. The predicted molar refractivity (Wildman–Crippen MR) is 58.2 cm³/mol. The van der Waals surface area contributed by atoms with Crippen LogP contribution in [0.4, 0.5) is 10.1 Å². The normalized spacial score (nSPS) is 16.8. The summed E-state index contributed by atoms with van der Waals surface area (Å²) < 4.78 is 13.3. The molecule has 1 aromatic carbocycles. The third-order valence-corrected chi connectivity index (χ3v) is 2.85. The molecular weight excluding hydrogens is 219 g/mol. The molecule has 2 N–H and O–H groups in total. The molecule has 0 bridgehead atoms. The largest absolute Gasteiger partial charge is 0.506 e. The minimum atomic E-state index is -0.579. The second-order valence-electron chi connectivity index (χ2n) is 3.50. The van der Waals surface area contributed by atoms with Crippen LogP contribution in [0.1, 0.15) is 0 Å². The molecule has 0 aromatic heterocycles. The van der Waals surface area contributed by atoms with E-state index in [4.69, 9.17) is 11.6 Å². The molecule has 1 aliphatic rings. The van der Waals surface area contributed by atoms with Gasteiger partial charge in [-0.2, -0.15) is 0 Å². The highest BCUT2D eigenvalue weighted by molar-refractivity contribution is 6.32. The van der Waals surface area contributed by atoms with Crippen LogP contribution in [0.25, 0.3) is 0 Å². The lowest BCUT2D eigenvalue weighted by molar-refractivity contribution is 0.469. The van der Waals surface area contributed by atoms with E-state index in [2.05, 4.69) is 5.32 Å². The van der Waals surface area contributed by atoms with E-state index in [0.717, 1.165) is 26.2 Å². The number of piperazine rings is 1. The molecule has 0 atom stereocenters. The Morgan fingerprint density at radius 2 is 2.00 bits per heavy atom. The van der Waals surface area contributed by atoms with Gasteiger partial charge in [-0.05, 0) is 6.07 Å². The lowest BCUT2D eigenvalue weighted by Crippen LogP contribution is -2.43. The maximum absolute atomic E-state index is 13.3. The molecule has 1 fully saturated rings. The molecule has 0 unspecified atom stereocenters. The van der Waals surface area contributed by atoms with Crippen molar-refractivity contribution in [3.05, 3.63) is 23.0 Å². The molecular formula is C10H12ClFN2O. The summed E-state index contributed by atoms with van der Waals surface area (Å²) in [6.45, 7) is 3.34. The highest BCUT2D eigenvalue weighted by Gasteiger charge is 2.14. The Morgan fingerprint density at radius 3 is 2.60 bits per heavy atom. The second kappa shape index (κ2) is 4.24. The van der Waals surface area contributed by atoms with Gasteiger partial charge in [0.15, 0.2) is 0 Å². The molecule has 3 nitrogen and oxygen atoms in total. The molecule has 5 heteroatoms. The first kappa shape index (κ1) is 10.5. The van der Waals surface area contributed by atoms with Gasteiger partial charge < -0.3 is 15.3 Å². The number of benzene rings is 1. The zero-order chi connectivity index (χ0) is 10.8. The highest BCUT2D eigenvalue weighted by Crippen LogP contribution is 2.31. The zero-order valence-electron chi connectivity index (χ0n) is 8.13. The lowest BCUT2D eigenvalue weighted by atomic mass is 10.2.